The van der Waals surface area contributed by atoms with Crippen LogP contribution < -0.4 is 0 Å². The predicted molar refractivity (Wildman–Crippen MR) is 83.3 cm³/mol. The van der Waals surface area contributed by atoms with Crippen molar-refractivity contribution in [2.45, 2.75) is 38.8 Å². The molecule has 23 heavy (non-hydrogen) atoms. The molecule has 7 nitrogen and oxygen atoms in total. The molecule has 2 atom stereocenters. The molecule has 1 aromatic carbocycles. The third-order valence-electron chi connectivity index (χ3n) is 3.42. The Morgan fingerprint density at radius 1 is 1.22 bits per heavy atom. The molecule has 1 heterocycles. The summed E-state index contributed by atoms with van der Waals surface area (Å²) in [6.07, 6.45) is -1.23. The fourth-order valence-corrected chi connectivity index (χ4v) is 4.38. The molecular formula is C15H22NO6P. The van der Waals surface area contributed by atoms with Gasteiger partial charge >= 0.3 is 7.60 Å². The Kier molecular flexibility index (Phi) is 6.33. The van der Waals surface area contributed by atoms with Gasteiger partial charge in [0.1, 0.15) is 12.3 Å². The fraction of sp³-hybridized carbons (Fsp3) is 0.533. The molecule has 0 saturated carbocycles. The van der Waals surface area contributed by atoms with Gasteiger partial charge in [-0.1, -0.05) is 30.3 Å². The molecular weight excluding hydrogens is 321 g/mol. The number of hydrogen-bond acceptors (Lipinski definition) is 6. The van der Waals surface area contributed by atoms with Gasteiger partial charge in [-0.15, -0.1) is 0 Å². The molecule has 1 fully saturated rings. The van der Waals surface area contributed by atoms with Crippen molar-refractivity contribution >= 4 is 13.5 Å². The van der Waals surface area contributed by atoms with Crippen molar-refractivity contribution in [2.24, 2.45) is 0 Å². The first-order chi connectivity index (χ1) is 11.0. The molecule has 0 unspecified atom stereocenters. The van der Waals surface area contributed by atoms with E-state index >= 15 is 0 Å². The third kappa shape index (κ3) is 4.19. The minimum absolute atomic E-state index is 0.0507. The molecule has 8 heteroatoms. The van der Waals surface area contributed by atoms with Crippen molar-refractivity contribution in [1.82, 2.24) is 5.06 Å². The molecule has 1 N–H and O–H groups in total. The SMILES string of the molecule is CCOP(=O)(OCC)[C@H]1C[C@@H](O)N(OCc2ccccc2)C1=O. The summed E-state index contributed by atoms with van der Waals surface area (Å²) in [4.78, 5) is 17.8. The van der Waals surface area contributed by atoms with E-state index in [2.05, 4.69) is 0 Å². The van der Waals surface area contributed by atoms with E-state index in [4.69, 9.17) is 13.9 Å². The number of carbonyl (C=O) groups is 1. The van der Waals surface area contributed by atoms with Gasteiger partial charge in [0.15, 0.2) is 6.23 Å². The smallest absolute Gasteiger partial charge is 0.343 e. The molecule has 2 rings (SSSR count). The van der Waals surface area contributed by atoms with Gasteiger partial charge in [-0.3, -0.25) is 14.2 Å². The maximum Gasteiger partial charge on any atom is 0.343 e. The zero-order valence-electron chi connectivity index (χ0n) is 13.3. The molecule has 1 aromatic rings. The van der Waals surface area contributed by atoms with Crippen LogP contribution in [0.25, 0.3) is 0 Å². The Labute approximate surface area is 135 Å². The highest BCUT2D eigenvalue weighted by atomic mass is 31.2. The maximum absolute atomic E-state index is 12.7. The molecule has 1 aliphatic heterocycles. The first-order valence-corrected chi connectivity index (χ1v) is 9.19. The lowest BCUT2D eigenvalue weighted by molar-refractivity contribution is -0.225. The van der Waals surface area contributed by atoms with Gasteiger partial charge in [0.25, 0.3) is 5.91 Å². The van der Waals surface area contributed by atoms with Crippen LogP contribution >= 0.6 is 7.60 Å². The highest BCUT2D eigenvalue weighted by Crippen LogP contribution is 2.57. The normalized spacial score (nSPS) is 21.9. The average molecular weight is 343 g/mol. The van der Waals surface area contributed by atoms with Gasteiger partial charge in [0, 0.05) is 6.42 Å². The number of hydrogen-bond donors (Lipinski definition) is 1. The first kappa shape index (κ1) is 18.1. The molecule has 1 amide bonds. The van der Waals surface area contributed by atoms with Crippen molar-refractivity contribution in [3.05, 3.63) is 35.9 Å². The van der Waals surface area contributed by atoms with Crippen LogP contribution in [0, 0.1) is 0 Å². The van der Waals surface area contributed by atoms with Gasteiger partial charge in [-0.05, 0) is 19.4 Å². The summed E-state index contributed by atoms with van der Waals surface area (Å²) in [6, 6.07) is 9.26. The fourth-order valence-electron chi connectivity index (χ4n) is 2.40. The number of nitrogens with zero attached hydrogens (tertiary/aromatic N) is 1. The highest BCUT2D eigenvalue weighted by molar-refractivity contribution is 7.55. The average Bonchev–Trinajstić information content (AvgIpc) is 2.82. The maximum atomic E-state index is 12.7. The second kappa shape index (κ2) is 8.04. The van der Waals surface area contributed by atoms with Gasteiger partial charge in [-0.2, -0.15) is 5.06 Å². The summed E-state index contributed by atoms with van der Waals surface area (Å²) >= 11 is 0. The minimum Gasteiger partial charge on any atom is -0.371 e. The molecule has 1 aliphatic rings. The van der Waals surface area contributed by atoms with E-state index in [1.165, 1.54) is 0 Å². The largest absolute Gasteiger partial charge is 0.371 e. The van der Waals surface area contributed by atoms with Gasteiger partial charge < -0.3 is 14.2 Å². The van der Waals surface area contributed by atoms with Crippen LogP contribution in [0.15, 0.2) is 30.3 Å². The zero-order chi connectivity index (χ0) is 16.9. The topological polar surface area (TPSA) is 85.3 Å². The Bertz CT molecular complexity index is 556. The van der Waals surface area contributed by atoms with Gasteiger partial charge in [-0.25, -0.2) is 0 Å². The van der Waals surface area contributed by atoms with Gasteiger partial charge in [0.05, 0.1) is 13.2 Å². The lowest BCUT2D eigenvalue weighted by atomic mass is 10.2. The zero-order valence-corrected chi connectivity index (χ0v) is 14.1. The quantitative estimate of drug-likeness (QED) is 0.729. The Morgan fingerprint density at radius 2 is 1.83 bits per heavy atom. The van der Waals surface area contributed by atoms with Crippen LogP contribution in [0.4, 0.5) is 0 Å². The number of rotatable bonds is 8. The van der Waals surface area contributed by atoms with Crippen LogP contribution in [0.2, 0.25) is 0 Å². The predicted octanol–water partition coefficient (Wildman–Crippen LogP) is 2.30. The highest BCUT2D eigenvalue weighted by Gasteiger charge is 2.51. The van der Waals surface area contributed by atoms with E-state index in [0.29, 0.717) is 0 Å². The number of hydroxylamine groups is 2. The number of carbonyl (C=O) groups excluding carboxylic acids is 1. The van der Waals surface area contributed by atoms with E-state index in [1.54, 1.807) is 13.8 Å². The molecule has 0 aromatic heterocycles. The van der Waals surface area contributed by atoms with Crippen molar-refractivity contribution in [1.29, 1.82) is 0 Å². The molecule has 1 saturated heterocycles. The van der Waals surface area contributed by atoms with E-state index in [0.717, 1.165) is 10.6 Å². The number of aliphatic hydroxyl groups excluding tert-OH is 1. The number of amides is 1. The van der Waals surface area contributed by atoms with Crippen molar-refractivity contribution < 1.29 is 28.4 Å². The Hall–Kier alpha value is -1.24. The summed E-state index contributed by atoms with van der Waals surface area (Å²) < 4.78 is 23.1. The summed E-state index contributed by atoms with van der Waals surface area (Å²) in [5.74, 6) is -0.585. The van der Waals surface area contributed by atoms with Crippen molar-refractivity contribution in [3.63, 3.8) is 0 Å². The summed E-state index contributed by atoms with van der Waals surface area (Å²) in [7, 11) is -3.62. The Morgan fingerprint density at radius 3 is 2.39 bits per heavy atom. The second-order valence-electron chi connectivity index (χ2n) is 5.03. The van der Waals surface area contributed by atoms with Crippen LogP contribution in [-0.4, -0.2) is 41.2 Å². The molecule has 0 aliphatic carbocycles. The monoisotopic (exact) mass is 343 g/mol. The van der Waals surface area contributed by atoms with Crippen LogP contribution in [0.3, 0.4) is 0 Å². The first-order valence-electron chi connectivity index (χ1n) is 7.58. The summed E-state index contributed by atoms with van der Waals surface area (Å²) in [6.45, 7) is 3.78. The second-order valence-corrected chi connectivity index (χ2v) is 7.25. The lowest BCUT2D eigenvalue weighted by Crippen LogP contribution is -2.34. The van der Waals surface area contributed by atoms with Crippen LogP contribution in [0.1, 0.15) is 25.8 Å². The van der Waals surface area contributed by atoms with E-state index in [-0.39, 0.29) is 26.2 Å². The molecule has 0 radical (unpaired) electrons. The standard InChI is InChI=1S/C15H22NO6P/c1-3-21-23(19,22-4-2)13-10-14(17)16(15(13)18)20-11-12-8-6-5-7-9-12/h5-9,13-14,17H,3-4,10-11H2,1-2H3/t13-,14+/m0/s1. The molecule has 128 valence electrons. The van der Waals surface area contributed by atoms with E-state index in [1.807, 2.05) is 30.3 Å². The van der Waals surface area contributed by atoms with E-state index in [9.17, 15) is 14.5 Å². The number of aliphatic hydroxyl groups is 1. The number of benzene rings is 1. The van der Waals surface area contributed by atoms with Crippen molar-refractivity contribution in [3.8, 4) is 0 Å². The van der Waals surface area contributed by atoms with E-state index < -0.39 is 25.4 Å². The summed E-state index contributed by atoms with van der Waals surface area (Å²) in [5.41, 5.74) is -0.193. The Balaban J connectivity index is 2.06. The van der Waals surface area contributed by atoms with Gasteiger partial charge in [0.2, 0.25) is 0 Å². The molecule has 0 spiro atoms. The summed E-state index contributed by atoms with van der Waals surface area (Å²) in [5, 5.41) is 10.9. The minimum atomic E-state index is -3.62. The van der Waals surface area contributed by atoms with Crippen LogP contribution in [0.5, 0.6) is 0 Å². The van der Waals surface area contributed by atoms with Crippen LogP contribution in [-0.2, 0) is 29.9 Å². The lowest BCUT2D eigenvalue weighted by Gasteiger charge is -2.22. The molecule has 0 bridgehead atoms. The third-order valence-corrected chi connectivity index (χ3v) is 5.85. The van der Waals surface area contributed by atoms with Crippen molar-refractivity contribution in [2.75, 3.05) is 13.2 Å².